The SMILES string of the molecule is CC(C)(C#N)CCCSC1CCCC1. The Bertz CT molecular complexity index is 199. The Morgan fingerprint density at radius 2 is 2.00 bits per heavy atom. The molecule has 1 rings (SSSR count). The van der Waals surface area contributed by atoms with Crippen LogP contribution in [-0.2, 0) is 0 Å². The van der Waals surface area contributed by atoms with E-state index in [9.17, 15) is 0 Å². The fourth-order valence-corrected chi connectivity index (χ4v) is 3.19. The highest BCUT2D eigenvalue weighted by Crippen LogP contribution is 2.31. The van der Waals surface area contributed by atoms with Crippen LogP contribution in [0.4, 0.5) is 0 Å². The zero-order valence-electron chi connectivity index (χ0n) is 9.38. The molecule has 0 N–H and O–H groups in total. The Kier molecular flexibility index (Phi) is 4.81. The van der Waals surface area contributed by atoms with Gasteiger partial charge in [0.2, 0.25) is 0 Å². The van der Waals surface area contributed by atoms with E-state index in [4.69, 9.17) is 5.26 Å². The number of thioether (sulfide) groups is 1. The molecule has 80 valence electrons. The maximum atomic E-state index is 8.85. The van der Waals surface area contributed by atoms with Crippen molar-refractivity contribution in [3.8, 4) is 6.07 Å². The smallest absolute Gasteiger partial charge is 0.0683 e. The standard InChI is InChI=1S/C12H21NS/c1-12(2,10-13)8-5-9-14-11-6-3-4-7-11/h11H,3-9H2,1-2H3. The van der Waals surface area contributed by atoms with Gasteiger partial charge >= 0.3 is 0 Å². The minimum Gasteiger partial charge on any atom is -0.198 e. The first-order valence-electron chi connectivity index (χ1n) is 5.67. The van der Waals surface area contributed by atoms with Crippen molar-refractivity contribution in [1.29, 1.82) is 5.26 Å². The lowest BCUT2D eigenvalue weighted by molar-refractivity contribution is 0.447. The van der Waals surface area contributed by atoms with Gasteiger partial charge in [0.15, 0.2) is 0 Å². The fraction of sp³-hybridized carbons (Fsp3) is 0.917. The average molecular weight is 211 g/mol. The van der Waals surface area contributed by atoms with E-state index < -0.39 is 0 Å². The van der Waals surface area contributed by atoms with E-state index in [-0.39, 0.29) is 5.41 Å². The van der Waals surface area contributed by atoms with E-state index in [0.717, 1.165) is 11.7 Å². The normalized spacial score (nSPS) is 18.4. The lowest BCUT2D eigenvalue weighted by atomic mass is 9.90. The first-order chi connectivity index (χ1) is 6.64. The van der Waals surface area contributed by atoms with Gasteiger partial charge in [0.05, 0.1) is 11.5 Å². The van der Waals surface area contributed by atoms with E-state index in [1.54, 1.807) is 0 Å². The zero-order valence-corrected chi connectivity index (χ0v) is 10.2. The van der Waals surface area contributed by atoms with Crippen molar-refractivity contribution in [2.45, 2.75) is 57.6 Å². The van der Waals surface area contributed by atoms with E-state index in [0.29, 0.717) is 0 Å². The maximum absolute atomic E-state index is 8.85. The third-order valence-electron chi connectivity index (χ3n) is 2.90. The monoisotopic (exact) mass is 211 g/mol. The largest absolute Gasteiger partial charge is 0.198 e. The van der Waals surface area contributed by atoms with Crippen LogP contribution >= 0.6 is 11.8 Å². The second-order valence-corrected chi connectivity index (χ2v) is 6.28. The second-order valence-electron chi connectivity index (χ2n) is 4.88. The summed E-state index contributed by atoms with van der Waals surface area (Å²) >= 11 is 2.13. The first-order valence-corrected chi connectivity index (χ1v) is 6.72. The van der Waals surface area contributed by atoms with Crippen molar-refractivity contribution >= 4 is 11.8 Å². The molecule has 2 heteroatoms. The number of nitriles is 1. The second kappa shape index (κ2) is 5.66. The van der Waals surface area contributed by atoms with Crippen molar-refractivity contribution in [2.24, 2.45) is 5.41 Å². The Hall–Kier alpha value is -0.160. The van der Waals surface area contributed by atoms with Gasteiger partial charge in [0.1, 0.15) is 0 Å². The molecule has 0 saturated heterocycles. The van der Waals surface area contributed by atoms with Crippen LogP contribution in [0, 0.1) is 16.7 Å². The van der Waals surface area contributed by atoms with E-state index >= 15 is 0 Å². The zero-order chi connectivity index (χ0) is 10.4. The van der Waals surface area contributed by atoms with Crippen molar-refractivity contribution in [3.63, 3.8) is 0 Å². The van der Waals surface area contributed by atoms with Gasteiger partial charge in [-0.1, -0.05) is 12.8 Å². The minimum atomic E-state index is -0.115. The van der Waals surface area contributed by atoms with Crippen molar-refractivity contribution in [2.75, 3.05) is 5.75 Å². The summed E-state index contributed by atoms with van der Waals surface area (Å²) in [5, 5.41) is 9.78. The lowest BCUT2D eigenvalue weighted by Gasteiger charge is -2.15. The molecule has 0 heterocycles. The number of hydrogen-bond donors (Lipinski definition) is 0. The van der Waals surface area contributed by atoms with Gasteiger partial charge in [-0.2, -0.15) is 17.0 Å². The van der Waals surface area contributed by atoms with Crippen molar-refractivity contribution < 1.29 is 0 Å². The molecule has 1 saturated carbocycles. The van der Waals surface area contributed by atoms with Gasteiger partial charge in [-0.3, -0.25) is 0 Å². The van der Waals surface area contributed by atoms with Crippen LogP contribution in [0.25, 0.3) is 0 Å². The molecule has 1 aliphatic carbocycles. The Balaban J connectivity index is 2.02. The molecular formula is C12H21NS. The molecule has 14 heavy (non-hydrogen) atoms. The van der Waals surface area contributed by atoms with Crippen LogP contribution in [0.2, 0.25) is 0 Å². The molecule has 0 unspecified atom stereocenters. The predicted octanol–water partition coefficient (Wildman–Crippen LogP) is 3.99. The fourth-order valence-electron chi connectivity index (χ4n) is 1.88. The highest BCUT2D eigenvalue weighted by atomic mass is 32.2. The summed E-state index contributed by atoms with van der Waals surface area (Å²) in [6, 6.07) is 2.36. The molecule has 0 aromatic rings. The topological polar surface area (TPSA) is 23.8 Å². The molecule has 0 radical (unpaired) electrons. The summed E-state index contributed by atoms with van der Waals surface area (Å²) in [5.41, 5.74) is -0.115. The lowest BCUT2D eigenvalue weighted by Crippen LogP contribution is -2.08. The van der Waals surface area contributed by atoms with Gasteiger partial charge in [0, 0.05) is 5.25 Å². The van der Waals surface area contributed by atoms with Crippen molar-refractivity contribution in [1.82, 2.24) is 0 Å². The summed E-state index contributed by atoms with van der Waals surface area (Å²) in [4.78, 5) is 0. The van der Waals surface area contributed by atoms with Crippen LogP contribution < -0.4 is 0 Å². The van der Waals surface area contributed by atoms with Crippen LogP contribution in [-0.4, -0.2) is 11.0 Å². The quantitative estimate of drug-likeness (QED) is 0.642. The predicted molar refractivity (Wildman–Crippen MR) is 63.3 cm³/mol. The van der Waals surface area contributed by atoms with Crippen molar-refractivity contribution in [3.05, 3.63) is 0 Å². The summed E-state index contributed by atoms with van der Waals surface area (Å²) < 4.78 is 0. The molecule has 0 aromatic carbocycles. The Labute approximate surface area is 92.3 Å². The Morgan fingerprint density at radius 1 is 1.36 bits per heavy atom. The summed E-state index contributed by atoms with van der Waals surface area (Å²) in [6.45, 7) is 4.07. The highest BCUT2D eigenvalue weighted by molar-refractivity contribution is 7.99. The van der Waals surface area contributed by atoms with E-state index in [2.05, 4.69) is 17.8 Å². The number of rotatable bonds is 5. The maximum Gasteiger partial charge on any atom is 0.0683 e. The van der Waals surface area contributed by atoms with Gasteiger partial charge in [0.25, 0.3) is 0 Å². The third kappa shape index (κ3) is 4.37. The molecule has 0 atom stereocenters. The average Bonchev–Trinajstić information content (AvgIpc) is 2.65. The van der Waals surface area contributed by atoms with Crippen LogP contribution in [0.1, 0.15) is 52.4 Å². The molecule has 0 aromatic heterocycles. The van der Waals surface area contributed by atoms with Gasteiger partial charge < -0.3 is 0 Å². The number of nitrogens with zero attached hydrogens (tertiary/aromatic N) is 1. The van der Waals surface area contributed by atoms with Crippen LogP contribution in [0.5, 0.6) is 0 Å². The van der Waals surface area contributed by atoms with Crippen LogP contribution in [0.15, 0.2) is 0 Å². The first kappa shape index (κ1) is 11.9. The molecule has 1 aliphatic rings. The molecule has 1 fully saturated rings. The third-order valence-corrected chi connectivity index (χ3v) is 4.37. The van der Waals surface area contributed by atoms with Crippen LogP contribution in [0.3, 0.4) is 0 Å². The van der Waals surface area contributed by atoms with Gasteiger partial charge in [-0.25, -0.2) is 0 Å². The molecule has 0 aliphatic heterocycles. The molecule has 0 bridgehead atoms. The molecule has 1 nitrogen and oxygen atoms in total. The Morgan fingerprint density at radius 3 is 2.57 bits per heavy atom. The summed E-state index contributed by atoms with van der Waals surface area (Å²) in [7, 11) is 0. The molecular weight excluding hydrogens is 190 g/mol. The highest BCUT2D eigenvalue weighted by Gasteiger charge is 2.18. The van der Waals surface area contributed by atoms with Gasteiger partial charge in [-0.05, 0) is 45.3 Å². The van der Waals surface area contributed by atoms with Gasteiger partial charge in [-0.15, -0.1) is 0 Å². The number of hydrogen-bond acceptors (Lipinski definition) is 2. The van der Waals surface area contributed by atoms with E-state index in [1.165, 1.54) is 37.9 Å². The summed E-state index contributed by atoms with van der Waals surface area (Å²) in [5.74, 6) is 1.25. The summed E-state index contributed by atoms with van der Waals surface area (Å²) in [6.07, 6.45) is 7.95. The molecule has 0 spiro atoms. The van der Waals surface area contributed by atoms with E-state index in [1.807, 2.05) is 13.8 Å². The minimum absolute atomic E-state index is 0.115. The molecule has 0 amide bonds.